The highest BCUT2D eigenvalue weighted by Crippen LogP contribution is 2.21. The van der Waals surface area contributed by atoms with Crippen LogP contribution in [-0.4, -0.2) is 37.0 Å². The maximum absolute atomic E-state index is 12.3. The molecule has 29 heavy (non-hydrogen) atoms. The Balaban J connectivity index is 1.30. The van der Waals surface area contributed by atoms with Gasteiger partial charge in [-0.2, -0.15) is 0 Å². The van der Waals surface area contributed by atoms with Gasteiger partial charge in [0.05, 0.1) is 0 Å². The fourth-order valence-corrected chi connectivity index (χ4v) is 3.64. The van der Waals surface area contributed by atoms with Crippen LogP contribution in [0.4, 0.5) is 11.4 Å². The number of piperazine rings is 1. The molecule has 1 aromatic heterocycles. The molecule has 2 heterocycles. The summed E-state index contributed by atoms with van der Waals surface area (Å²) in [5.41, 5.74) is 3.33. The molecule has 0 radical (unpaired) electrons. The van der Waals surface area contributed by atoms with E-state index in [4.69, 9.17) is 4.42 Å². The van der Waals surface area contributed by atoms with E-state index in [2.05, 4.69) is 57.6 Å². The van der Waals surface area contributed by atoms with Crippen molar-refractivity contribution in [3.05, 3.63) is 83.8 Å². The van der Waals surface area contributed by atoms with Crippen LogP contribution in [0.25, 0.3) is 0 Å². The second-order valence-electron chi connectivity index (χ2n) is 7.37. The molecule has 150 valence electrons. The maximum Gasteiger partial charge on any atom is 0.291 e. The van der Waals surface area contributed by atoms with Crippen LogP contribution in [0.1, 0.15) is 28.8 Å². The summed E-state index contributed by atoms with van der Waals surface area (Å²) in [6.07, 6.45) is 0.778. The molecular formula is C24H27N3O2. The summed E-state index contributed by atoms with van der Waals surface area (Å²) >= 11 is 0. The quantitative estimate of drug-likeness (QED) is 0.678. The third kappa shape index (κ3) is 4.87. The molecule has 2 aromatic carbocycles. The first-order valence-electron chi connectivity index (χ1n) is 10.2. The molecule has 1 aliphatic rings. The minimum absolute atomic E-state index is 0.216. The van der Waals surface area contributed by atoms with Crippen molar-refractivity contribution in [2.75, 3.05) is 36.4 Å². The summed E-state index contributed by atoms with van der Waals surface area (Å²) in [6.45, 7) is 7.11. The van der Waals surface area contributed by atoms with Crippen LogP contribution in [-0.2, 0) is 13.0 Å². The maximum atomic E-state index is 12.3. The lowest BCUT2D eigenvalue weighted by atomic mass is 10.2. The van der Waals surface area contributed by atoms with Crippen LogP contribution >= 0.6 is 0 Å². The third-order valence-corrected chi connectivity index (χ3v) is 5.35. The number of amides is 1. The molecule has 0 bridgehead atoms. The molecule has 1 saturated heterocycles. The first-order valence-corrected chi connectivity index (χ1v) is 10.2. The van der Waals surface area contributed by atoms with E-state index in [0.29, 0.717) is 5.76 Å². The molecule has 0 saturated carbocycles. The smallest absolute Gasteiger partial charge is 0.291 e. The average molecular weight is 389 g/mol. The van der Waals surface area contributed by atoms with Gasteiger partial charge in [0.1, 0.15) is 5.76 Å². The van der Waals surface area contributed by atoms with Crippen molar-refractivity contribution < 1.29 is 9.21 Å². The van der Waals surface area contributed by atoms with Gasteiger partial charge in [-0.25, -0.2) is 0 Å². The third-order valence-electron chi connectivity index (χ3n) is 5.35. The van der Waals surface area contributed by atoms with E-state index in [-0.39, 0.29) is 5.91 Å². The Morgan fingerprint density at radius 1 is 0.931 bits per heavy atom. The first-order chi connectivity index (χ1) is 14.2. The monoisotopic (exact) mass is 389 g/mol. The number of furan rings is 1. The van der Waals surface area contributed by atoms with Crippen molar-refractivity contribution >= 4 is 17.3 Å². The van der Waals surface area contributed by atoms with E-state index >= 15 is 0 Å². The van der Waals surface area contributed by atoms with Gasteiger partial charge in [0.25, 0.3) is 5.91 Å². The van der Waals surface area contributed by atoms with Crippen LogP contribution in [0.2, 0.25) is 0 Å². The van der Waals surface area contributed by atoms with E-state index < -0.39 is 0 Å². The zero-order valence-electron chi connectivity index (χ0n) is 16.8. The number of hydrogen-bond donors (Lipinski definition) is 1. The number of aryl methyl sites for hydroxylation is 1. The molecule has 0 unspecified atom stereocenters. The number of nitrogens with zero attached hydrogens (tertiary/aromatic N) is 2. The van der Waals surface area contributed by atoms with Crippen LogP contribution < -0.4 is 10.2 Å². The van der Waals surface area contributed by atoms with Crippen molar-refractivity contribution in [2.45, 2.75) is 19.9 Å². The summed E-state index contributed by atoms with van der Waals surface area (Å²) in [5.74, 6) is 0.948. The van der Waals surface area contributed by atoms with Crippen molar-refractivity contribution in [3.63, 3.8) is 0 Å². The summed E-state index contributed by atoms with van der Waals surface area (Å²) in [6, 6.07) is 22.2. The Morgan fingerprint density at radius 2 is 1.66 bits per heavy atom. The fourth-order valence-electron chi connectivity index (χ4n) is 3.64. The van der Waals surface area contributed by atoms with Crippen LogP contribution in [0.5, 0.6) is 0 Å². The van der Waals surface area contributed by atoms with E-state index in [0.717, 1.165) is 50.6 Å². The van der Waals surface area contributed by atoms with Gasteiger partial charge in [-0.3, -0.25) is 9.69 Å². The van der Waals surface area contributed by atoms with Crippen molar-refractivity contribution in [2.24, 2.45) is 0 Å². The summed E-state index contributed by atoms with van der Waals surface area (Å²) in [5, 5.41) is 2.90. The van der Waals surface area contributed by atoms with E-state index in [1.54, 1.807) is 6.07 Å². The average Bonchev–Trinajstić information content (AvgIpc) is 3.25. The van der Waals surface area contributed by atoms with Gasteiger partial charge in [0.15, 0.2) is 5.76 Å². The predicted molar refractivity (Wildman–Crippen MR) is 116 cm³/mol. The van der Waals surface area contributed by atoms with Crippen molar-refractivity contribution in [1.29, 1.82) is 0 Å². The zero-order valence-corrected chi connectivity index (χ0v) is 16.8. The summed E-state index contributed by atoms with van der Waals surface area (Å²) < 4.78 is 5.51. The molecule has 1 fully saturated rings. The van der Waals surface area contributed by atoms with Gasteiger partial charge in [0.2, 0.25) is 0 Å². The molecule has 0 spiro atoms. The van der Waals surface area contributed by atoms with E-state index in [9.17, 15) is 4.79 Å². The van der Waals surface area contributed by atoms with Crippen LogP contribution in [0.15, 0.2) is 71.1 Å². The van der Waals surface area contributed by atoms with E-state index in [1.165, 1.54) is 11.3 Å². The zero-order chi connectivity index (χ0) is 20.1. The second kappa shape index (κ2) is 8.97. The highest BCUT2D eigenvalue weighted by molar-refractivity contribution is 6.02. The minimum Gasteiger partial charge on any atom is -0.456 e. The fraction of sp³-hybridized carbons (Fsp3) is 0.292. The standard InChI is InChI=1S/C24H27N3O2/c1-2-22-12-13-23(29-22)24(28)25-20-8-10-21(11-9-20)27-16-14-26(15-17-27)18-19-6-4-3-5-7-19/h3-13H,2,14-18H2,1H3,(H,25,28). The number of anilines is 2. The molecule has 0 atom stereocenters. The Kier molecular flexibility index (Phi) is 5.96. The van der Waals surface area contributed by atoms with Gasteiger partial charge >= 0.3 is 0 Å². The van der Waals surface area contributed by atoms with Gasteiger partial charge in [0, 0.05) is 50.5 Å². The first kappa shape index (κ1) is 19.3. The predicted octanol–water partition coefficient (Wildman–Crippen LogP) is 4.42. The molecule has 1 N–H and O–H groups in total. The number of rotatable bonds is 6. The topological polar surface area (TPSA) is 48.7 Å². The molecule has 3 aromatic rings. The normalized spacial score (nSPS) is 14.7. The van der Waals surface area contributed by atoms with Gasteiger partial charge < -0.3 is 14.6 Å². The minimum atomic E-state index is -0.216. The Labute approximate surface area is 171 Å². The second-order valence-corrected chi connectivity index (χ2v) is 7.37. The number of carbonyl (C=O) groups excluding carboxylic acids is 1. The lowest BCUT2D eigenvalue weighted by Crippen LogP contribution is -2.45. The highest BCUT2D eigenvalue weighted by Gasteiger charge is 2.17. The van der Waals surface area contributed by atoms with Gasteiger partial charge in [-0.1, -0.05) is 37.3 Å². The molecule has 5 heteroatoms. The molecule has 5 nitrogen and oxygen atoms in total. The van der Waals surface area contributed by atoms with Crippen LogP contribution in [0, 0.1) is 0 Å². The largest absolute Gasteiger partial charge is 0.456 e. The Morgan fingerprint density at radius 3 is 2.31 bits per heavy atom. The number of hydrogen-bond acceptors (Lipinski definition) is 4. The number of nitrogens with one attached hydrogen (secondary N) is 1. The van der Waals surface area contributed by atoms with Gasteiger partial charge in [-0.05, 0) is 42.0 Å². The molecule has 1 aliphatic heterocycles. The lowest BCUT2D eigenvalue weighted by Gasteiger charge is -2.36. The SMILES string of the molecule is CCc1ccc(C(=O)Nc2ccc(N3CCN(Cc4ccccc4)CC3)cc2)o1. The lowest BCUT2D eigenvalue weighted by molar-refractivity contribution is 0.0995. The van der Waals surface area contributed by atoms with Crippen molar-refractivity contribution in [1.82, 2.24) is 4.90 Å². The number of carbonyl (C=O) groups is 1. The Bertz CT molecular complexity index is 926. The molecule has 1 amide bonds. The molecule has 0 aliphatic carbocycles. The summed E-state index contributed by atoms with van der Waals surface area (Å²) in [7, 11) is 0. The highest BCUT2D eigenvalue weighted by atomic mass is 16.3. The number of benzene rings is 2. The molecular weight excluding hydrogens is 362 g/mol. The molecule has 4 rings (SSSR count). The van der Waals surface area contributed by atoms with Gasteiger partial charge in [-0.15, -0.1) is 0 Å². The Hall–Kier alpha value is -3.05. The van der Waals surface area contributed by atoms with Crippen LogP contribution in [0.3, 0.4) is 0 Å². The van der Waals surface area contributed by atoms with E-state index in [1.807, 2.05) is 25.1 Å². The summed E-state index contributed by atoms with van der Waals surface area (Å²) in [4.78, 5) is 17.2. The van der Waals surface area contributed by atoms with Crippen molar-refractivity contribution in [3.8, 4) is 0 Å².